The quantitative estimate of drug-likeness (QED) is 0.269. The number of amides is 1. The summed E-state index contributed by atoms with van der Waals surface area (Å²) in [6.07, 6.45) is 6.02. The van der Waals surface area contributed by atoms with E-state index in [1.165, 1.54) is 11.8 Å². The average molecular weight is 495 g/mol. The summed E-state index contributed by atoms with van der Waals surface area (Å²) in [7, 11) is 0. The highest BCUT2D eigenvalue weighted by Gasteiger charge is 2.32. The molecule has 1 aromatic carbocycles. The van der Waals surface area contributed by atoms with Gasteiger partial charge in [0.1, 0.15) is 21.8 Å². The third-order valence-electron chi connectivity index (χ3n) is 5.88. The van der Waals surface area contributed by atoms with Crippen LogP contribution in [0.1, 0.15) is 61.8 Å². The van der Waals surface area contributed by atoms with Crippen LogP contribution in [0.4, 0.5) is 5.82 Å². The Morgan fingerprint density at radius 3 is 2.53 bits per heavy atom. The molecular weight excluding hydrogens is 464 g/mol. The van der Waals surface area contributed by atoms with Crippen molar-refractivity contribution >= 4 is 46.1 Å². The van der Waals surface area contributed by atoms with Gasteiger partial charge in [0.25, 0.3) is 11.5 Å². The number of hydrogen-bond donors (Lipinski definition) is 1. The first-order valence-electron chi connectivity index (χ1n) is 11.6. The Hall–Kier alpha value is -2.89. The zero-order valence-electron chi connectivity index (χ0n) is 19.9. The number of unbranched alkanes of at least 4 members (excludes halogenated alkanes) is 3. The molecule has 34 heavy (non-hydrogen) atoms. The lowest BCUT2D eigenvalue weighted by molar-refractivity contribution is -0.122. The maximum absolute atomic E-state index is 13.2. The summed E-state index contributed by atoms with van der Waals surface area (Å²) in [5, 5.41) is 13.1. The van der Waals surface area contributed by atoms with Crippen LogP contribution in [-0.2, 0) is 17.9 Å². The van der Waals surface area contributed by atoms with Gasteiger partial charge in [-0.3, -0.25) is 19.1 Å². The number of nitrogens with one attached hydrogen (secondary N) is 1. The fraction of sp³-hybridized carbons (Fsp3) is 0.385. The maximum atomic E-state index is 13.2. The Kier molecular flexibility index (Phi) is 9.08. The Morgan fingerprint density at radius 2 is 1.88 bits per heavy atom. The molecule has 0 bridgehead atoms. The minimum absolute atomic E-state index is 0.0911. The third kappa shape index (κ3) is 5.60. The summed E-state index contributed by atoms with van der Waals surface area (Å²) in [6, 6.07) is 11.9. The molecule has 1 aromatic heterocycles. The lowest BCUT2D eigenvalue weighted by atomic mass is 10.0. The first-order chi connectivity index (χ1) is 16.4. The molecule has 1 saturated heterocycles. The number of benzene rings is 1. The molecule has 0 spiro atoms. The van der Waals surface area contributed by atoms with Crippen LogP contribution in [-0.4, -0.2) is 26.2 Å². The number of carbonyl (C=O) groups excluding carboxylic acids is 1. The first kappa shape index (κ1) is 25.7. The van der Waals surface area contributed by atoms with Crippen LogP contribution in [0.3, 0.4) is 0 Å². The number of nitrogens with zero attached hydrogens (tertiary/aromatic N) is 3. The molecule has 178 valence electrons. The molecule has 1 N–H and O–H groups in total. The number of aromatic nitrogens is 1. The van der Waals surface area contributed by atoms with Crippen molar-refractivity contribution < 1.29 is 4.79 Å². The predicted molar refractivity (Wildman–Crippen MR) is 144 cm³/mol. The molecule has 2 heterocycles. The molecular formula is C26H30N4O2S2. The van der Waals surface area contributed by atoms with Crippen molar-refractivity contribution in [2.45, 2.75) is 59.5 Å². The van der Waals surface area contributed by atoms with E-state index < -0.39 is 0 Å². The van der Waals surface area contributed by atoms with Crippen LogP contribution >= 0.6 is 24.0 Å². The summed E-state index contributed by atoms with van der Waals surface area (Å²) in [6.45, 7) is 7.28. The van der Waals surface area contributed by atoms with E-state index >= 15 is 0 Å². The molecule has 0 radical (unpaired) electrons. The second-order valence-electron chi connectivity index (χ2n) is 8.16. The summed E-state index contributed by atoms with van der Waals surface area (Å²) >= 11 is 6.77. The topological polar surface area (TPSA) is 78.1 Å². The van der Waals surface area contributed by atoms with Gasteiger partial charge in [-0.25, -0.2) is 0 Å². The molecule has 0 saturated carbocycles. The fourth-order valence-corrected chi connectivity index (χ4v) is 5.25. The van der Waals surface area contributed by atoms with Crippen LogP contribution in [0.25, 0.3) is 6.08 Å². The van der Waals surface area contributed by atoms with Crippen LogP contribution in [0.15, 0.2) is 40.0 Å². The van der Waals surface area contributed by atoms with E-state index in [9.17, 15) is 14.9 Å². The van der Waals surface area contributed by atoms with Gasteiger partial charge in [-0.15, -0.1) is 0 Å². The van der Waals surface area contributed by atoms with Gasteiger partial charge < -0.3 is 5.32 Å². The Bertz CT molecular complexity index is 1200. The minimum atomic E-state index is -0.335. The van der Waals surface area contributed by atoms with Gasteiger partial charge >= 0.3 is 0 Å². The van der Waals surface area contributed by atoms with E-state index in [0.29, 0.717) is 45.8 Å². The molecule has 8 heteroatoms. The van der Waals surface area contributed by atoms with Gasteiger partial charge in [0.2, 0.25) is 0 Å². The van der Waals surface area contributed by atoms with E-state index in [4.69, 9.17) is 12.2 Å². The van der Waals surface area contributed by atoms with Crippen molar-refractivity contribution in [3.63, 3.8) is 0 Å². The molecule has 1 aliphatic heterocycles. The highest BCUT2D eigenvalue weighted by atomic mass is 32.2. The molecule has 6 nitrogen and oxygen atoms in total. The number of nitriles is 1. The van der Waals surface area contributed by atoms with Crippen LogP contribution in [0.2, 0.25) is 0 Å². The smallest absolute Gasteiger partial charge is 0.270 e. The van der Waals surface area contributed by atoms with Gasteiger partial charge in [0, 0.05) is 25.2 Å². The second kappa shape index (κ2) is 12.0. The number of carbonyl (C=O) groups is 1. The molecule has 2 aromatic rings. The minimum Gasteiger partial charge on any atom is -0.367 e. The average Bonchev–Trinajstić information content (AvgIpc) is 3.10. The SMILES string of the molecule is CCCCCCN1C(=O)/C(=C\c2c(C)c(C#N)c(=O)n(CC)c2NCc2ccccc2)SC1=S. The molecule has 3 rings (SSSR count). The Morgan fingerprint density at radius 1 is 1.15 bits per heavy atom. The zero-order valence-corrected chi connectivity index (χ0v) is 21.5. The first-order valence-corrected chi connectivity index (χ1v) is 12.9. The number of thiocarbonyl (C=S) groups is 1. The van der Waals surface area contributed by atoms with Crippen molar-refractivity contribution in [2.24, 2.45) is 0 Å². The Labute approximate surface area is 210 Å². The van der Waals surface area contributed by atoms with Gasteiger partial charge in [-0.1, -0.05) is 80.5 Å². The fourth-order valence-electron chi connectivity index (χ4n) is 3.96. The van der Waals surface area contributed by atoms with Crippen molar-refractivity contribution in [3.05, 3.63) is 67.8 Å². The summed E-state index contributed by atoms with van der Waals surface area (Å²) in [5.74, 6) is 0.480. The van der Waals surface area contributed by atoms with Crippen molar-refractivity contribution in [2.75, 3.05) is 11.9 Å². The zero-order chi connectivity index (χ0) is 24.7. The van der Waals surface area contributed by atoms with Gasteiger partial charge in [-0.05, 0) is 37.5 Å². The number of thioether (sulfide) groups is 1. The largest absolute Gasteiger partial charge is 0.367 e. The lowest BCUT2D eigenvalue weighted by Gasteiger charge is -2.19. The third-order valence-corrected chi connectivity index (χ3v) is 7.26. The van der Waals surface area contributed by atoms with Crippen molar-refractivity contribution in [1.29, 1.82) is 5.26 Å². The molecule has 1 fully saturated rings. The molecule has 1 aliphatic rings. The van der Waals surface area contributed by atoms with E-state index in [1.54, 1.807) is 22.5 Å². The van der Waals surface area contributed by atoms with Crippen LogP contribution in [0.5, 0.6) is 0 Å². The van der Waals surface area contributed by atoms with Gasteiger partial charge in [0.15, 0.2) is 0 Å². The van der Waals surface area contributed by atoms with Crippen molar-refractivity contribution in [3.8, 4) is 6.07 Å². The summed E-state index contributed by atoms with van der Waals surface area (Å²) in [4.78, 5) is 28.3. The number of hydrogen-bond acceptors (Lipinski definition) is 6. The van der Waals surface area contributed by atoms with E-state index in [0.717, 1.165) is 31.2 Å². The van der Waals surface area contributed by atoms with Crippen molar-refractivity contribution in [1.82, 2.24) is 9.47 Å². The molecule has 0 aliphatic carbocycles. The normalized spacial score (nSPS) is 14.6. The van der Waals surface area contributed by atoms with E-state index in [-0.39, 0.29) is 17.0 Å². The lowest BCUT2D eigenvalue weighted by Crippen LogP contribution is -2.29. The Balaban J connectivity index is 2.01. The van der Waals surface area contributed by atoms with Gasteiger partial charge in [-0.2, -0.15) is 5.26 Å². The molecule has 1 amide bonds. The second-order valence-corrected chi connectivity index (χ2v) is 9.83. The van der Waals surface area contributed by atoms with Crippen LogP contribution in [0, 0.1) is 18.3 Å². The highest BCUT2D eigenvalue weighted by molar-refractivity contribution is 8.26. The monoisotopic (exact) mass is 494 g/mol. The maximum Gasteiger partial charge on any atom is 0.270 e. The predicted octanol–water partition coefficient (Wildman–Crippen LogP) is 5.44. The highest BCUT2D eigenvalue weighted by Crippen LogP contribution is 2.35. The van der Waals surface area contributed by atoms with E-state index in [2.05, 4.69) is 18.3 Å². The summed E-state index contributed by atoms with van der Waals surface area (Å²) < 4.78 is 2.11. The number of anilines is 1. The van der Waals surface area contributed by atoms with Crippen LogP contribution < -0.4 is 10.9 Å². The molecule has 0 unspecified atom stereocenters. The summed E-state index contributed by atoms with van der Waals surface area (Å²) in [5.41, 5.74) is 2.04. The molecule has 0 atom stereocenters. The van der Waals surface area contributed by atoms with Gasteiger partial charge in [0.05, 0.1) is 4.91 Å². The number of rotatable bonds is 10. The van der Waals surface area contributed by atoms with E-state index in [1.807, 2.05) is 37.3 Å². The standard InChI is InChI=1S/C26H30N4O2S2/c1-4-6-7-11-14-30-25(32)22(34-26(30)33)15-20-18(3)21(16-27)24(31)29(5-2)23(20)28-17-19-12-9-8-10-13-19/h8-10,12-13,15,28H,4-7,11,14,17H2,1-3H3/b22-15+. The number of pyridine rings is 1.